The molecule has 0 unspecified atom stereocenters. The van der Waals surface area contributed by atoms with Crippen LogP contribution >= 0.6 is 11.3 Å². The Labute approximate surface area is 186 Å². The topological polar surface area (TPSA) is 90.9 Å². The Kier molecular flexibility index (Phi) is 8.81. The molecule has 0 aliphatic carbocycles. The van der Waals surface area contributed by atoms with Crippen molar-refractivity contribution in [1.82, 2.24) is 0 Å². The van der Waals surface area contributed by atoms with Gasteiger partial charge in [-0.2, -0.15) is 0 Å². The molecular formula is C23H27NO6S. The monoisotopic (exact) mass is 445 g/mol. The summed E-state index contributed by atoms with van der Waals surface area (Å²) >= 11 is 1.06. The molecule has 0 aliphatic rings. The number of rotatable bonds is 10. The summed E-state index contributed by atoms with van der Waals surface area (Å²) < 4.78 is 16.1. The first kappa shape index (κ1) is 24.1. The van der Waals surface area contributed by atoms with Crippen LogP contribution in [0.5, 0.6) is 11.5 Å². The van der Waals surface area contributed by atoms with Crippen molar-refractivity contribution in [2.45, 2.75) is 34.1 Å². The van der Waals surface area contributed by atoms with E-state index in [0.717, 1.165) is 23.3 Å². The zero-order valence-electron chi connectivity index (χ0n) is 18.4. The molecule has 0 fully saturated rings. The van der Waals surface area contributed by atoms with Crippen LogP contribution in [0.25, 0.3) is 6.08 Å². The van der Waals surface area contributed by atoms with E-state index < -0.39 is 11.9 Å². The van der Waals surface area contributed by atoms with Crippen LogP contribution in [0.1, 0.15) is 58.3 Å². The number of esters is 1. The summed E-state index contributed by atoms with van der Waals surface area (Å²) in [6.07, 6.45) is 3.85. The molecule has 0 radical (unpaired) electrons. The fourth-order valence-electron chi connectivity index (χ4n) is 2.83. The van der Waals surface area contributed by atoms with Crippen LogP contribution in [-0.2, 0) is 9.53 Å². The number of carbonyl (C=O) groups excluding carboxylic acids is 3. The quantitative estimate of drug-likeness (QED) is 0.318. The normalized spacial score (nSPS) is 10.7. The largest absolute Gasteiger partial charge is 0.493 e. The molecule has 1 aromatic heterocycles. The number of amides is 1. The van der Waals surface area contributed by atoms with Gasteiger partial charge < -0.3 is 19.5 Å². The highest BCUT2D eigenvalue weighted by Crippen LogP contribution is 2.34. The minimum Gasteiger partial charge on any atom is -0.493 e. The molecule has 0 bridgehead atoms. The Balaban J connectivity index is 2.22. The number of hydrogen-bond donors (Lipinski definition) is 1. The molecule has 166 valence electrons. The second-order valence-electron chi connectivity index (χ2n) is 6.62. The summed E-state index contributed by atoms with van der Waals surface area (Å²) in [4.78, 5) is 37.1. The van der Waals surface area contributed by atoms with Crippen molar-refractivity contribution in [2.75, 3.05) is 25.6 Å². The van der Waals surface area contributed by atoms with Gasteiger partial charge in [0.05, 0.1) is 30.8 Å². The summed E-state index contributed by atoms with van der Waals surface area (Å²) in [6, 6.07) is 5.36. The van der Waals surface area contributed by atoms with Crippen molar-refractivity contribution in [3.8, 4) is 11.5 Å². The molecule has 1 N–H and O–H groups in total. The molecule has 0 saturated heterocycles. The van der Waals surface area contributed by atoms with Gasteiger partial charge in [-0.1, -0.05) is 13.0 Å². The predicted octanol–water partition coefficient (Wildman–Crippen LogP) is 4.89. The van der Waals surface area contributed by atoms with Crippen LogP contribution in [0.3, 0.4) is 0 Å². The van der Waals surface area contributed by atoms with Gasteiger partial charge >= 0.3 is 5.97 Å². The first-order chi connectivity index (χ1) is 14.8. The maximum atomic E-state index is 12.5. The lowest BCUT2D eigenvalue weighted by molar-refractivity contribution is -0.111. The molecule has 31 heavy (non-hydrogen) atoms. The lowest BCUT2D eigenvalue weighted by Crippen LogP contribution is -2.12. The lowest BCUT2D eigenvalue weighted by Gasteiger charge is -2.10. The number of Topliss-reactive ketones (excluding diaryl/α,β-unsaturated/α-hetero) is 1. The summed E-state index contributed by atoms with van der Waals surface area (Å²) in [5.74, 6) is 0.0145. The number of anilines is 1. The van der Waals surface area contributed by atoms with Gasteiger partial charge in [0.15, 0.2) is 17.3 Å². The van der Waals surface area contributed by atoms with Gasteiger partial charge in [-0.25, -0.2) is 4.79 Å². The highest BCUT2D eigenvalue weighted by molar-refractivity contribution is 7.18. The number of ketones is 1. The van der Waals surface area contributed by atoms with Crippen molar-refractivity contribution in [3.05, 3.63) is 45.8 Å². The smallest absolute Gasteiger partial charge is 0.341 e. The maximum absolute atomic E-state index is 12.5. The molecule has 0 atom stereocenters. The number of ether oxygens (including phenoxy) is 3. The Morgan fingerprint density at radius 3 is 2.52 bits per heavy atom. The lowest BCUT2D eigenvalue weighted by atomic mass is 10.1. The van der Waals surface area contributed by atoms with Gasteiger partial charge in [0.25, 0.3) is 0 Å². The van der Waals surface area contributed by atoms with E-state index in [0.29, 0.717) is 28.5 Å². The van der Waals surface area contributed by atoms with Gasteiger partial charge in [-0.15, -0.1) is 11.3 Å². The van der Waals surface area contributed by atoms with Crippen LogP contribution in [-0.4, -0.2) is 38.0 Å². The van der Waals surface area contributed by atoms with E-state index in [9.17, 15) is 14.4 Å². The van der Waals surface area contributed by atoms with Gasteiger partial charge in [0, 0.05) is 6.08 Å². The van der Waals surface area contributed by atoms with Crippen LogP contribution in [0.2, 0.25) is 0 Å². The number of carbonyl (C=O) groups is 3. The molecule has 2 aromatic rings. The standard InChI is InChI=1S/C23H27NO6S/c1-6-12-30-17-10-8-16(13-18(17)28-5)9-11-19(26)24-22-20(23(27)29-7-2)14(3)21(31-22)15(4)25/h8-11,13H,6-7,12H2,1-5H3,(H,24,26)/b11-9+. The first-order valence-corrected chi connectivity index (χ1v) is 10.7. The number of benzene rings is 1. The Morgan fingerprint density at radius 1 is 1.16 bits per heavy atom. The SMILES string of the molecule is CCCOc1ccc(/C=C/C(=O)Nc2sc(C(C)=O)c(C)c2C(=O)OCC)cc1OC. The number of nitrogens with one attached hydrogen (secondary N) is 1. The van der Waals surface area contributed by atoms with Crippen molar-refractivity contribution >= 4 is 40.1 Å². The summed E-state index contributed by atoms with van der Waals surface area (Å²) in [6.45, 7) is 7.57. The predicted molar refractivity (Wildman–Crippen MR) is 121 cm³/mol. The summed E-state index contributed by atoms with van der Waals surface area (Å²) in [5.41, 5.74) is 1.45. The average Bonchev–Trinajstić information content (AvgIpc) is 3.07. The zero-order chi connectivity index (χ0) is 23.0. The third-order valence-electron chi connectivity index (χ3n) is 4.26. The molecule has 7 nitrogen and oxygen atoms in total. The zero-order valence-corrected chi connectivity index (χ0v) is 19.2. The highest BCUT2D eigenvalue weighted by atomic mass is 32.1. The molecular weight excluding hydrogens is 418 g/mol. The fraction of sp³-hybridized carbons (Fsp3) is 0.348. The summed E-state index contributed by atoms with van der Waals surface area (Å²) in [5, 5.41) is 2.98. The van der Waals surface area contributed by atoms with E-state index in [-0.39, 0.29) is 23.0 Å². The third kappa shape index (κ3) is 6.18. The van der Waals surface area contributed by atoms with Crippen molar-refractivity contribution < 1.29 is 28.6 Å². The molecule has 2 rings (SSSR count). The Hall–Kier alpha value is -3.13. The number of thiophene rings is 1. The van der Waals surface area contributed by atoms with E-state index in [1.54, 1.807) is 39.2 Å². The van der Waals surface area contributed by atoms with E-state index in [2.05, 4.69) is 5.32 Å². The molecule has 8 heteroatoms. The Morgan fingerprint density at radius 2 is 1.90 bits per heavy atom. The van der Waals surface area contributed by atoms with E-state index in [1.165, 1.54) is 13.0 Å². The maximum Gasteiger partial charge on any atom is 0.341 e. The van der Waals surface area contributed by atoms with Crippen LogP contribution < -0.4 is 14.8 Å². The van der Waals surface area contributed by atoms with Crippen LogP contribution in [0.4, 0.5) is 5.00 Å². The van der Waals surface area contributed by atoms with Crippen LogP contribution in [0, 0.1) is 6.92 Å². The van der Waals surface area contributed by atoms with Crippen LogP contribution in [0.15, 0.2) is 24.3 Å². The molecule has 0 saturated carbocycles. The first-order valence-electron chi connectivity index (χ1n) is 9.93. The molecule has 0 spiro atoms. The van der Waals surface area contributed by atoms with Gasteiger partial charge in [0.1, 0.15) is 5.00 Å². The van der Waals surface area contributed by atoms with Crippen molar-refractivity contribution in [3.63, 3.8) is 0 Å². The Bertz CT molecular complexity index is 992. The minimum atomic E-state index is -0.574. The summed E-state index contributed by atoms with van der Waals surface area (Å²) in [7, 11) is 1.55. The molecule has 0 aliphatic heterocycles. The van der Waals surface area contributed by atoms with E-state index >= 15 is 0 Å². The minimum absolute atomic E-state index is 0.179. The van der Waals surface area contributed by atoms with Gasteiger partial charge in [-0.3, -0.25) is 9.59 Å². The van der Waals surface area contributed by atoms with Gasteiger partial charge in [-0.05, 0) is 56.5 Å². The van der Waals surface area contributed by atoms with E-state index in [4.69, 9.17) is 14.2 Å². The van der Waals surface area contributed by atoms with E-state index in [1.807, 2.05) is 13.0 Å². The second-order valence-corrected chi connectivity index (χ2v) is 7.64. The molecule has 1 amide bonds. The third-order valence-corrected chi connectivity index (χ3v) is 5.57. The van der Waals surface area contributed by atoms with Crippen molar-refractivity contribution in [2.24, 2.45) is 0 Å². The fourth-order valence-corrected chi connectivity index (χ4v) is 3.92. The number of hydrogen-bond acceptors (Lipinski definition) is 7. The average molecular weight is 446 g/mol. The second kappa shape index (κ2) is 11.3. The molecule has 1 heterocycles. The number of methoxy groups -OCH3 is 1. The molecule has 1 aromatic carbocycles. The van der Waals surface area contributed by atoms with Crippen molar-refractivity contribution in [1.29, 1.82) is 0 Å². The van der Waals surface area contributed by atoms with Gasteiger partial charge in [0.2, 0.25) is 5.91 Å². The highest BCUT2D eigenvalue weighted by Gasteiger charge is 2.24.